The van der Waals surface area contributed by atoms with Crippen molar-refractivity contribution in [2.75, 3.05) is 44.2 Å². The summed E-state index contributed by atoms with van der Waals surface area (Å²) in [6.45, 7) is 10.4. The molecule has 1 aromatic carbocycles. The molecule has 3 rings (SSSR count). The lowest BCUT2D eigenvalue weighted by atomic mass is 10.2. The van der Waals surface area contributed by atoms with Gasteiger partial charge in [0, 0.05) is 61.4 Å². The van der Waals surface area contributed by atoms with E-state index in [0.717, 1.165) is 45.0 Å². The Morgan fingerprint density at radius 3 is 2.46 bits per heavy atom. The van der Waals surface area contributed by atoms with Crippen LogP contribution < -0.4 is 4.90 Å². The number of benzene rings is 1. The molecule has 6 heteroatoms. The number of halogens is 1. The van der Waals surface area contributed by atoms with Crippen molar-refractivity contribution in [1.82, 2.24) is 9.80 Å². The minimum absolute atomic E-state index is 0.0800. The second-order valence-electron chi connectivity index (χ2n) is 6.37. The van der Waals surface area contributed by atoms with Gasteiger partial charge in [-0.3, -0.25) is 14.6 Å². The minimum atomic E-state index is -0.0800. The molecule has 0 saturated carbocycles. The summed E-state index contributed by atoms with van der Waals surface area (Å²) in [4.78, 5) is 20.3. The summed E-state index contributed by atoms with van der Waals surface area (Å²) in [6, 6.07) is 11.7. The standard InChI is InChI=1S/C20H24ClN3OS/c1-2-20(25)24(18-7-5-17(21)6-8-18)14-13-22-9-11-23(12-10-22)16-19-4-3-15-26-19/h2-8,15H,1,9-14,16H2. The first-order chi connectivity index (χ1) is 12.7. The Morgan fingerprint density at radius 2 is 1.85 bits per heavy atom. The maximum atomic E-state index is 12.2. The lowest BCUT2D eigenvalue weighted by Gasteiger charge is -2.35. The van der Waals surface area contributed by atoms with E-state index >= 15 is 0 Å². The molecule has 2 heterocycles. The number of piperazine rings is 1. The number of amides is 1. The Morgan fingerprint density at radius 1 is 1.15 bits per heavy atom. The van der Waals surface area contributed by atoms with Crippen molar-refractivity contribution in [3.63, 3.8) is 0 Å². The Balaban J connectivity index is 1.51. The summed E-state index contributed by atoms with van der Waals surface area (Å²) in [5.74, 6) is -0.0800. The van der Waals surface area contributed by atoms with E-state index in [1.807, 2.05) is 35.6 Å². The summed E-state index contributed by atoms with van der Waals surface area (Å²) < 4.78 is 0. The van der Waals surface area contributed by atoms with Crippen LogP contribution in [0.25, 0.3) is 0 Å². The molecule has 0 atom stereocenters. The molecular formula is C20H24ClN3OS. The molecule has 0 spiro atoms. The zero-order valence-electron chi connectivity index (χ0n) is 14.8. The number of thiophene rings is 1. The van der Waals surface area contributed by atoms with E-state index in [2.05, 4.69) is 33.9 Å². The van der Waals surface area contributed by atoms with Gasteiger partial charge in [0.25, 0.3) is 0 Å². The molecule has 0 radical (unpaired) electrons. The summed E-state index contributed by atoms with van der Waals surface area (Å²) in [5, 5.41) is 2.80. The quantitative estimate of drug-likeness (QED) is 0.675. The van der Waals surface area contributed by atoms with Crippen LogP contribution in [0.1, 0.15) is 4.88 Å². The first kappa shape index (κ1) is 19.1. The second kappa shape index (κ2) is 9.33. The van der Waals surface area contributed by atoms with Gasteiger partial charge in [-0.25, -0.2) is 0 Å². The topological polar surface area (TPSA) is 26.8 Å². The van der Waals surface area contributed by atoms with Gasteiger partial charge in [-0.15, -0.1) is 11.3 Å². The lowest BCUT2D eigenvalue weighted by Crippen LogP contribution is -2.48. The summed E-state index contributed by atoms with van der Waals surface area (Å²) in [5.41, 5.74) is 0.857. The number of nitrogens with zero attached hydrogens (tertiary/aromatic N) is 3. The Kier molecular flexibility index (Phi) is 6.86. The van der Waals surface area contributed by atoms with Gasteiger partial charge in [0.15, 0.2) is 0 Å². The molecule has 0 N–H and O–H groups in total. The van der Waals surface area contributed by atoms with E-state index in [1.165, 1.54) is 11.0 Å². The minimum Gasteiger partial charge on any atom is -0.308 e. The molecule has 1 saturated heterocycles. The van der Waals surface area contributed by atoms with E-state index in [1.54, 1.807) is 4.90 Å². The monoisotopic (exact) mass is 389 g/mol. The summed E-state index contributed by atoms with van der Waals surface area (Å²) >= 11 is 7.77. The van der Waals surface area contributed by atoms with Gasteiger partial charge in [-0.1, -0.05) is 24.2 Å². The summed E-state index contributed by atoms with van der Waals surface area (Å²) in [6.07, 6.45) is 1.37. The van der Waals surface area contributed by atoms with Gasteiger partial charge in [-0.05, 0) is 41.8 Å². The molecular weight excluding hydrogens is 366 g/mol. The number of carbonyl (C=O) groups excluding carboxylic acids is 1. The van der Waals surface area contributed by atoms with Crippen LogP contribution in [0.15, 0.2) is 54.4 Å². The smallest absolute Gasteiger partial charge is 0.250 e. The predicted molar refractivity (Wildman–Crippen MR) is 110 cm³/mol. The fourth-order valence-electron chi connectivity index (χ4n) is 3.13. The Labute approximate surface area is 164 Å². The van der Waals surface area contributed by atoms with Crippen LogP contribution in [-0.4, -0.2) is 55.0 Å². The van der Waals surface area contributed by atoms with Crippen molar-refractivity contribution in [2.45, 2.75) is 6.54 Å². The molecule has 1 aliphatic heterocycles. The third-order valence-corrected chi connectivity index (χ3v) is 5.76. The molecule has 1 aromatic heterocycles. The van der Waals surface area contributed by atoms with Crippen LogP contribution in [-0.2, 0) is 11.3 Å². The van der Waals surface area contributed by atoms with E-state index in [4.69, 9.17) is 11.6 Å². The number of hydrogen-bond acceptors (Lipinski definition) is 4. The van der Waals surface area contributed by atoms with Crippen LogP contribution in [0, 0.1) is 0 Å². The Hall–Kier alpha value is -1.66. The van der Waals surface area contributed by atoms with Crippen molar-refractivity contribution < 1.29 is 4.79 Å². The van der Waals surface area contributed by atoms with E-state index in [0.29, 0.717) is 11.6 Å². The highest BCUT2D eigenvalue weighted by Crippen LogP contribution is 2.19. The molecule has 1 amide bonds. The lowest BCUT2D eigenvalue weighted by molar-refractivity contribution is -0.114. The normalized spacial score (nSPS) is 15.7. The van der Waals surface area contributed by atoms with Crippen molar-refractivity contribution in [3.8, 4) is 0 Å². The molecule has 2 aromatic rings. The van der Waals surface area contributed by atoms with Crippen molar-refractivity contribution in [3.05, 3.63) is 64.3 Å². The molecule has 0 bridgehead atoms. The van der Waals surface area contributed by atoms with Crippen molar-refractivity contribution in [2.24, 2.45) is 0 Å². The van der Waals surface area contributed by atoms with Gasteiger partial charge in [0.05, 0.1) is 0 Å². The number of hydrogen-bond donors (Lipinski definition) is 0. The third kappa shape index (κ3) is 5.17. The van der Waals surface area contributed by atoms with Crippen LogP contribution in [0.2, 0.25) is 5.02 Å². The average molecular weight is 390 g/mol. The van der Waals surface area contributed by atoms with Gasteiger partial charge in [0.2, 0.25) is 5.91 Å². The van der Waals surface area contributed by atoms with E-state index in [9.17, 15) is 4.79 Å². The van der Waals surface area contributed by atoms with Gasteiger partial charge in [0.1, 0.15) is 0 Å². The largest absolute Gasteiger partial charge is 0.308 e. The van der Waals surface area contributed by atoms with Crippen LogP contribution in [0.5, 0.6) is 0 Å². The fraction of sp³-hybridized carbons (Fsp3) is 0.350. The first-order valence-electron chi connectivity index (χ1n) is 8.82. The number of anilines is 1. The Bertz CT molecular complexity index is 709. The maximum absolute atomic E-state index is 12.2. The third-order valence-electron chi connectivity index (χ3n) is 4.64. The molecule has 1 aliphatic rings. The molecule has 138 valence electrons. The van der Waals surface area contributed by atoms with Gasteiger partial charge in [-0.2, -0.15) is 0 Å². The maximum Gasteiger partial charge on any atom is 0.250 e. The van der Waals surface area contributed by atoms with E-state index in [-0.39, 0.29) is 5.91 Å². The molecule has 4 nitrogen and oxygen atoms in total. The SMILES string of the molecule is C=CC(=O)N(CCN1CCN(Cc2cccs2)CC1)c1ccc(Cl)cc1. The number of carbonyl (C=O) groups is 1. The average Bonchev–Trinajstić information content (AvgIpc) is 3.17. The molecule has 0 aliphatic carbocycles. The molecule has 26 heavy (non-hydrogen) atoms. The summed E-state index contributed by atoms with van der Waals surface area (Å²) in [7, 11) is 0. The fourth-order valence-corrected chi connectivity index (χ4v) is 4.01. The molecule has 1 fully saturated rings. The second-order valence-corrected chi connectivity index (χ2v) is 7.84. The predicted octanol–water partition coefficient (Wildman–Crippen LogP) is 3.74. The van der Waals surface area contributed by atoms with Gasteiger partial charge >= 0.3 is 0 Å². The van der Waals surface area contributed by atoms with Gasteiger partial charge < -0.3 is 4.90 Å². The van der Waals surface area contributed by atoms with Crippen LogP contribution in [0.4, 0.5) is 5.69 Å². The number of rotatable bonds is 7. The van der Waals surface area contributed by atoms with Crippen LogP contribution >= 0.6 is 22.9 Å². The zero-order valence-corrected chi connectivity index (χ0v) is 16.4. The van der Waals surface area contributed by atoms with Crippen molar-refractivity contribution in [1.29, 1.82) is 0 Å². The van der Waals surface area contributed by atoms with Crippen LogP contribution in [0.3, 0.4) is 0 Å². The molecule has 0 unspecified atom stereocenters. The van der Waals surface area contributed by atoms with E-state index < -0.39 is 0 Å². The first-order valence-corrected chi connectivity index (χ1v) is 10.1. The highest BCUT2D eigenvalue weighted by Gasteiger charge is 2.19. The van der Waals surface area contributed by atoms with Crippen molar-refractivity contribution >= 4 is 34.5 Å². The zero-order chi connectivity index (χ0) is 18.4. The highest BCUT2D eigenvalue weighted by atomic mass is 35.5. The highest BCUT2D eigenvalue weighted by molar-refractivity contribution is 7.09.